The van der Waals surface area contributed by atoms with Crippen molar-refractivity contribution in [2.75, 3.05) is 16.8 Å². The zero-order chi connectivity index (χ0) is 19.5. The van der Waals surface area contributed by atoms with Crippen molar-refractivity contribution in [2.24, 2.45) is 0 Å². The summed E-state index contributed by atoms with van der Waals surface area (Å²) in [6, 6.07) is 10.6. The number of hydrogen-bond donors (Lipinski definition) is 1. The number of carbonyl (C=O) groups excluding carboxylic acids is 2. The Bertz CT molecular complexity index is 809. The van der Waals surface area contributed by atoms with Gasteiger partial charge in [-0.05, 0) is 29.2 Å². The van der Waals surface area contributed by atoms with Crippen molar-refractivity contribution in [3.63, 3.8) is 0 Å². The SMILES string of the molecule is CC(=O)N(CC(=O)Nc1ccccc1C(C)(C)C)c1c(F)cccc1F. The summed E-state index contributed by atoms with van der Waals surface area (Å²) < 4.78 is 28.0. The van der Waals surface area contributed by atoms with Gasteiger partial charge in [-0.3, -0.25) is 14.5 Å². The molecule has 0 spiro atoms. The van der Waals surface area contributed by atoms with E-state index in [9.17, 15) is 18.4 Å². The number of nitrogens with one attached hydrogen (secondary N) is 1. The zero-order valence-corrected chi connectivity index (χ0v) is 15.3. The van der Waals surface area contributed by atoms with Gasteiger partial charge in [0.1, 0.15) is 23.9 Å². The third kappa shape index (κ3) is 4.45. The fourth-order valence-corrected chi connectivity index (χ4v) is 2.67. The summed E-state index contributed by atoms with van der Waals surface area (Å²) in [4.78, 5) is 25.1. The van der Waals surface area contributed by atoms with Crippen molar-refractivity contribution in [3.05, 3.63) is 59.7 Å². The molecule has 2 amide bonds. The van der Waals surface area contributed by atoms with E-state index in [-0.39, 0.29) is 5.41 Å². The molecule has 2 rings (SSSR count). The van der Waals surface area contributed by atoms with Crippen molar-refractivity contribution in [2.45, 2.75) is 33.1 Å². The van der Waals surface area contributed by atoms with Crippen molar-refractivity contribution in [3.8, 4) is 0 Å². The van der Waals surface area contributed by atoms with Crippen molar-refractivity contribution in [1.82, 2.24) is 0 Å². The Morgan fingerprint density at radius 3 is 2.12 bits per heavy atom. The van der Waals surface area contributed by atoms with Gasteiger partial charge in [0.15, 0.2) is 0 Å². The van der Waals surface area contributed by atoms with Crippen LogP contribution in [0.5, 0.6) is 0 Å². The van der Waals surface area contributed by atoms with Crippen LogP contribution >= 0.6 is 0 Å². The molecule has 138 valence electrons. The first-order valence-corrected chi connectivity index (χ1v) is 8.22. The molecule has 0 aliphatic rings. The standard InChI is InChI=1S/C20H22F2N2O2/c1-13(25)24(19-15(21)9-7-10-16(19)22)12-18(26)23-17-11-6-5-8-14(17)20(2,3)4/h5-11H,12H2,1-4H3,(H,23,26). The highest BCUT2D eigenvalue weighted by atomic mass is 19.1. The normalized spacial score (nSPS) is 11.2. The van der Waals surface area contributed by atoms with Crippen LogP contribution in [0.25, 0.3) is 0 Å². The Morgan fingerprint density at radius 1 is 1.00 bits per heavy atom. The third-order valence-corrected chi connectivity index (χ3v) is 3.90. The number of anilines is 2. The monoisotopic (exact) mass is 360 g/mol. The van der Waals surface area contributed by atoms with Gasteiger partial charge in [-0.1, -0.05) is 45.0 Å². The molecule has 0 heterocycles. The molecule has 1 N–H and O–H groups in total. The second-order valence-electron chi connectivity index (χ2n) is 7.02. The zero-order valence-electron chi connectivity index (χ0n) is 15.3. The van der Waals surface area contributed by atoms with E-state index < -0.39 is 35.7 Å². The van der Waals surface area contributed by atoms with Gasteiger partial charge in [-0.25, -0.2) is 8.78 Å². The molecule has 0 bridgehead atoms. The molecular formula is C20H22F2N2O2. The number of rotatable bonds is 4. The first-order valence-electron chi connectivity index (χ1n) is 8.22. The van der Waals surface area contributed by atoms with Crippen LogP contribution in [0.1, 0.15) is 33.3 Å². The summed E-state index contributed by atoms with van der Waals surface area (Å²) in [5.41, 5.74) is 0.781. The van der Waals surface area contributed by atoms with E-state index in [0.717, 1.165) is 29.5 Å². The van der Waals surface area contributed by atoms with Crippen LogP contribution < -0.4 is 10.2 Å². The molecule has 0 radical (unpaired) electrons. The van der Waals surface area contributed by atoms with E-state index in [0.29, 0.717) is 5.69 Å². The van der Waals surface area contributed by atoms with Gasteiger partial charge in [0.05, 0.1) is 0 Å². The van der Waals surface area contributed by atoms with Gasteiger partial charge in [0.25, 0.3) is 0 Å². The van der Waals surface area contributed by atoms with E-state index in [1.54, 1.807) is 12.1 Å². The molecular weight excluding hydrogens is 338 g/mol. The van der Waals surface area contributed by atoms with Crippen LogP contribution in [0.2, 0.25) is 0 Å². The minimum absolute atomic E-state index is 0.207. The molecule has 0 atom stereocenters. The highest BCUT2D eigenvalue weighted by molar-refractivity contribution is 6.02. The molecule has 0 fully saturated rings. The Hall–Kier alpha value is -2.76. The second kappa shape index (κ2) is 7.64. The Kier molecular flexibility index (Phi) is 5.75. The van der Waals surface area contributed by atoms with Crippen LogP contribution in [0.3, 0.4) is 0 Å². The summed E-state index contributed by atoms with van der Waals surface area (Å²) in [7, 11) is 0. The van der Waals surface area contributed by atoms with E-state index in [1.807, 2.05) is 32.9 Å². The number of halogens is 2. The lowest BCUT2D eigenvalue weighted by atomic mass is 9.86. The number of para-hydroxylation sites is 2. The molecule has 4 nitrogen and oxygen atoms in total. The van der Waals surface area contributed by atoms with Crippen molar-refractivity contribution >= 4 is 23.2 Å². The van der Waals surface area contributed by atoms with Gasteiger partial charge in [-0.2, -0.15) is 0 Å². The average molecular weight is 360 g/mol. The third-order valence-electron chi connectivity index (χ3n) is 3.90. The van der Waals surface area contributed by atoms with E-state index >= 15 is 0 Å². The van der Waals surface area contributed by atoms with Crippen molar-refractivity contribution in [1.29, 1.82) is 0 Å². The minimum Gasteiger partial charge on any atom is -0.324 e. The Morgan fingerprint density at radius 2 is 1.58 bits per heavy atom. The summed E-state index contributed by atoms with van der Waals surface area (Å²) in [5.74, 6) is -2.97. The van der Waals surface area contributed by atoms with Crippen LogP contribution in [-0.2, 0) is 15.0 Å². The number of benzene rings is 2. The summed E-state index contributed by atoms with van der Waals surface area (Å²) in [6.07, 6.45) is 0. The molecule has 26 heavy (non-hydrogen) atoms. The lowest BCUT2D eigenvalue weighted by Crippen LogP contribution is -2.38. The largest absolute Gasteiger partial charge is 0.324 e. The average Bonchev–Trinajstić information content (AvgIpc) is 2.53. The van der Waals surface area contributed by atoms with Gasteiger partial charge in [0, 0.05) is 12.6 Å². The van der Waals surface area contributed by atoms with Gasteiger partial charge < -0.3 is 5.32 Å². The molecule has 0 saturated carbocycles. The van der Waals surface area contributed by atoms with Gasteiger partial charge in [0.2, 0.25) is 11.8 Å². The maximum absolute atomic E-state index is 14.0. The smallest absolute Gasteiger partial charge is 0.244 e. The maximum atomic E-state index is 14.0. The van der Waals surface area contributed by atoms with E-state index in [2.05, 4.69) is 5.32 Å². The number of nitrogens with zero attached hydrogens (tertiary/aromatic N) is 1. The van der Waals surface area contributed by atoms with Gasteiger partial charge >= 0.3 is 0 Å². The molecule has 6 heteroatoms. The van der Waals surface area contributed by atoms with Crippen molar-refractivity contribution < 1.29 is 18.4 Å². The van der Waals surface area contributed by atoms with Gasteiger partial charge in [-0.15, -0.1) is 0 Å². The lowest BCUT2D eigenvalue weighted by molar-refractivity contribution is -0.120. The predicted molar refractivity (Wildman–Crippen MR) is 98.2 cm³/mol. The molecule has 2 aromatic rings. The molecule has 0 unspecified atom stereocenters. The Labute approximate surface area is 151 Å². The molecule has 0 aliphatic carbocycles. The minimum atomic E-state index is -0.900. The highest BCUT2D eigenvalue weighted by Crippen LogP contribution is 2.29. The molecule has 0 saturated heterocycles. The number of carbonyl (C=O) groups is 2. The molecule has 2 aromatic carbocycles. The Balaban J connectivity index is 2.27. The lowest BCUT2D eigenvalue weighted by Gasteiger charge is -2.25. The second-order valence-corrected chi connectivity index (χ2v) is 7.02. The van der Waals surface area contributed by atoms with Crippen LogP contribution in [0.4, 0.5) is 20.2 Å². The highest BCUT2D eigenvalue weighted by Gasteiger charge is 2.24. The van der Waals surface area contributed by atoms with E-state index in [4.69, 9.17) is 0 Å². The molecule has 0 aliphatic heterocycles. The van der Waals surface area contributed by atoms with Crippen LogP contribution in [0.15, 0.2) is 42.5 Å². The maximum Gasteiger partial charge on any atom is 0.244 e. The first kappa shape index (κ1) is 19.6. The molecule has 0 aromatic heterocycles. The number of amides is 2. The summed E-state index contributed by atoms with van der Waals surface area (Å²) in [5, 5.41) is 2.73. The van der Waals surface area contributed by atoms with E-state index in [1.165, 1.54) is 6.07 Å². The quantitative estimate of drug-likeness (QED) is 0.886. The fourth-order valence-electron chi connectivity index (χ4n) is 2.67. The predicted octanol–water partition coefficient (Wildman–Crippen LogP) is 4.25. The fraction of sp³-hybridized carbons (Fsp3) is 0.300. The topological polar surface area (TPSA) is 49.4 Å². The summed E-state index contributed by atoms with van der Waals surface area (Å²) >= 11 is 0. The van der Waals surface area contributed by atoms with Crippen LogP contribution in [0, 0.1) is 11.6 Å². The summed E-state index contributed by atoms with van der Waals surface area (Å²) in [6.45, 7) is 6.69. The first-order chi connectivity index (χ1) is 12.1. The van der Waals surface area contributed by atoms with Crippen LogP contribution in [-0.4, -0.2) is 18.4 Å². The number of hydrogen-bond acceptors (Lipinski definition) is 2.